The molecule has 0 unspecified atom stereocenters. The summed E-state index contributed by atoms with van der Waals surface area (Å²) in [5.74, 6) is 1.24. The quantitative estimate of drug-likeness (QED) is 0.199. The first kappa shape index (κ1) is 27.8. The van der Waals surface area contributed by atoms with Gasteiger partial charge in [-0.2, -0.15) is 0 Å². The standard InChI is InChI=1S/C26H32Cl2FN5O2/c1-15-14-33(5)9-10-34(15)23(31-4)12-21(35-6)16(2)18-11-22(26(30)32-13-18)36-17(3)24-19(27)7-8-20(29)25(24)28/h7-8,11-13,15,17H,4,9-10,14H2,1-3,5-6H3,(H2,30,32)/b21-16-,23-12+/t15-,17-/m1/s1. The lowest BCUT2D eigenvalue weighted by Crippen LogP contribution is -2.49. The number of nitrogens with two attached hydrogens (primary N) is 1. The van der Waals surface area contributed by atoms with E-state index in [1.165, 1.54) is 12.1 Å². The van der Waals surface area contributed by atoms with Gasteiger partial charge in [-0.15, -0.1) is 0 Å². The van der Waals surface area contributed by atoms with Crippen molar-refractivity contribution in [2.45, 2.75) is 32.9 Å². The average Bonchev–Trinajstić information content (AvgIpc) is 2.84. The second-order valence-corrected chi connectivity index (χ2v) is 9.57. The summed E-state index contributed by atoms with van der Waals surface area (Å²) < 4.78 is 25.8. The fraction of sp³-hybridized carbons (Fsp3) is 0.385. The number of pyridine rings is 1. The molecule has 10 heteroatoms. The topological polar surface area (TPSA) is 76.2 Å². The average molecular weight is 536 g/mol. The molecule has 2 N–H and O–H groups in total. The highest BCUT2D eigenvalue weighted by Crippen LogP contribution is 2.37. The Morgan fingerprint density at radius 3 is 2.72 bits per heavy atom. The minimum atomic E-state index is -0.679. The Balaban J connectivity index is 1.94. The van der Waals surface area contributed by atoms with E-state index in [9.17, 15) is 4.39 Å². The van der Waals surface area contributed by atoms with Crippen LogP contribution in [-0.2, 0) is 4.74 Å². The number of benzene rings is 1. The first-order valence-electron chi connectivity index (χ1n) is 11.5. The zero-order valence-corrected chi connectivity index (χ0v) is 22.7. The summed E-state index contributed by atoms with van der Waals surface area (Å²) in [6, 6.07) is 4.68. The van der Waals surface area contributed by atoms with Crippen molar-refractivity contribution in [3.63, 3.8) is 0 Å². The van der Waals surface area contributed by atoms with Gasteiger partial charge in [0.05, 0.1) is 12.1 Å². The second-order valence-electron chi connectivity index (χ2n) is 8.78. The third-order valence-corrected chi connectivity index (χ3v) is 6.95. The number of anilines is 1. The van der Waals surface area contributed by atoms with Crippen LogP contribution >= 0.6 is 23.2 Å². The number of ether oxygens (including phenoxy) is 2. The summed E-state index contributed by atoms with van der Waals surface area (Å²) in [4.78, 5) is 13.0. The van der Waals surface area contributed by atoms with Crippen LogP contribution in [0.25, 0.3) is 5.57 Å². The van der Waals surface area contributed by atoms with Gasteiger partial charge >= 0.3 is 0 Å². The minimum absolute atomic E-state index is 0.0943. The Labute approximate surface area is 222 Å². The maximum atomic E-state index is 14.0. The Hall–Kier alpha value is -2.81. The number of aliphatic imine (C=N–C) groups is 1. The van der Waals surface area contributed by atoms with E-state index in [4.69, 9.17) is 38.4 Å². The van der Waals surface area contributed by atoms with Crippen molar-refractivity contribution in [3.8, 4) is 5.75 Å². The van der Waals surface area contributed by atoms with E-state index in [1.807, 2.05) is 13.0 Å². The number of methoxy groups -OCH3 is 1. The van der Waals surface area contributed by atoms with Crippen LogP contribution in [0.4, 0.5) is 10.2 Å². The number of piperazine rings is 1. The van der Waals surface area contributed by atoms with Gasteiger partial charge in [0.15, 0.2) is 11.6 Å². The number of hydrogen-bond acceptors (Lipinski definition) is 7. The van der Waals surface area contributed by atoms with Crippen LogP contribution in [0.5, 0.6) is 5.75 Å². The number of rotatable bonds is 8. The van der Waals surface area contributed by atoms with Crippen molar-refractivity contribution in [2.24, 2.45) is 4.99 Å². The van der Waals surface area contributed by atoms with Crippen LogP contribution in [0.15, 0.2) is 47.0 Å². The van der Waals surface area contributed by atoms with Crippen LogP contribution in [0.3, 0.4) is 0 Å². The molecule has 36 heavy (non-hydrogen) atoms. The van der Waals surface area contributed by atoms with Gasteiger partial charge in [0.1, 0.15) is 23.5 Å². The fourth-order valence-electron chi connectivity index (χ4n) is 4.20. The van der Waals surface area contributed by atoms with Crippen molar-refractivity contribution in [1.82, 2.24) is 14.8 Å². The van der Waals surface area contributed by atoms with Gasteiger partial charge in [-0.25, -0.2) is 14.4 Å². The van der Waals surface area contributed by atoms with Crippen LogP contribution in [0.1, 0.15) is 38.0 Å². The van der Waals surface area contributed by atoms with E-state index >= 15 is 0 Å². The summed E-state index contributed by atoms with van der Waals surface area (Å²) in [6.07, 6.45) is 2.83. The molecule has 1 saturated heterocycles. The predicted molar refractivity (Wildman–Crippen MR) is 145 cm³/mol. The van der Waals surface area contributed by atoms with Gasteiger partial charge in [0.2, 0.25) is 0 Å². The molecule has 1 aliphatic rings. The molecular weight excluding hydrogens is 504 g/mol. The van der Waals surface area contributed by atoms with Gasteiger partial charge in [0.25, 0.3) is 0 Å². The zero-order chi connectivity index (χ0) is 26.6. The zero-order valence-electron chi connectivity index (χ0n) is 21.2. The third-order valence-electron chi connectivity index (χ3n) is 6.24. The van der Waals surface area contributed by atoms with Crippen molar-refractivity contribution in [1.29, 1.82) is 0 Å². The summed E-state index contributed by atoms with van der Waals surface area (Å²) in [5, 5.41) is 0.199. The Morgan fingerprint density at radius 2 is 2.08 bits per heavy atom. The van der Waals surface area contributed by atoms with E-state index in [2.05, 4.69) is 40.5 Å². The molecule has 3 rings (SSSR count). The number of hydrogen-bond donors (Lipinski definition) is 1. The summed E-state index contributed by atoms with van der Waals surface area (Å²) in [7, 11) is 3.70. The molecule has 1 fully saturated rings. The van der Waals surface area contributed by atoms with Crippen molar-refractivity contribution in [2.75, 3.05) is 39.5 Å². The van der Waals surface area contributed by atoms with Crippen LogP contribution in [0.2, 0.25) is 10.0 Å². The summed E-state index contributed by atoms with van der Waals surface area (Å²) >= 11 is 12.4. The Bertz CT molecular complexity index is 1190. The number of halogens is 3. The molecule has 2 heterocycles. The largest absolute Gasteiger partial charge is 0.496 e. The number of likely N-dealkylation sites (N-methyl/N-ethyl adjacent to an activating group) is 1. The number of nitrogens with zero attached hydrogens (tertiary/aromatic N) is 4. The summed E-state index contributed by atoms with van der Waals surface area (Å²) in [6.45, 7) is 12.2. The van der Waals surface area contributed by atoms with Crippen molar-refractivity contribution in [3.05, 3.63) is 69.0 Å². The van der Waals surface area contributed by atoms with Gasteiger partial charge in [-0.05, 0) is 52.7 Å². The molecule has 7 nitrogen and oxygen atoms in total. The smallest absolute Gasteiger partial charge is 0.166 e. The molecular formula is C26H32Cl2FN5O2. The van der Waals surface area contributed by atoms with E-state index in [1.54, 1.807) is 26.3 Å². The molecule has 0 spiro atoms. The molecule has 0 bridgehead atoms. The van der Waals surface area contributed by atoms with E-state index in [0.29, 0.717) is 22.1 Å². The minimum Gasteiger partial charge on any atom is -0.496 e. The number of aromatic nitrogens is 1. The maximum Gasteiger partial charge on any atom is 0.166 e. The molecule has 0 saturated carbocycles. The number of allylic oxidation sites excluding steroid dienone is 2. The first-order valence-corrected chi connectivity index (χ1v) is 12.3. The SMILES string of the molecule is C=N/C(=C\C(OC)=C(/C)c1cnc(N)c(O[C@H](C)c2c(Cl)ccc(F)c2Cl)c1)N1CCN(C)C[C@H]1C. The monoisotopic (exact) mass is 535 g/mol. The van der Waals surface area contributed by atoms with Gasteiger partial charge < -0.3 is 25.0 Å². The van der Waals surface area contributed by atoms with E-state index in [0.717, 1.165) is 36.6 Å². The lowest BCUT2D eigenvalue weighted by Gasteiger charge is -2.39. The van der Waals surface area contributed by atoms with Crippen molar-refractivity contribution >= 4 is 41.3 Å². The predicted octanol–water partition coefficient (Wildman–Crippen LogP) is 5.81. The highest BCUT2D eigenvalue weighted by atomic mass is 35.5. The molecule has 2 aromatic rings. The maximum absolute atomic E-state index is 14.0. The highest BCUT2D eigenvalue weighted by Gasteiger charge is 2.24. The molecule has 194 valence electrons. The van der Waals surface area contributed by atoms with Crippen LogP contribution in [-0.4, -0.2) is 61.3 Å². The van der Waals surface area contributed by atoms with Crippen LogP contribution < -0.4 is 10.5 Å². The van der Waals surface area contributed by atoms with Gasteiger partial charge in [-0.1, -0.05) is 23.2 Å². The molecule has 1 aliphatic heterocycles. The Kier molecular flexibility index (Phi) is 9.22. The lowest BCUT2D eigenvalue weighted by atomic mass is 10.1. The molecule has 0 aliphatic carbocycles. The molecule has 1 aromatic carbocycles. The fourth-order valence-corrected chi connectivity index (χ4v) is 4.88. The molecule has 1 aromatic heterocycles. The van der Waals surface area contributed by atoms with E-state index in [-0.39, 0.29) is 16.9 Å². The first-order chi connectivity index (χ1) is 17.1. The second kappa shape index (κ2) is 12.0. The Morgan fingerprint density at radius 1 is 1.36 bits per heavy atom. The molecule has 2 atom stereocenters. The summed E-state index contributed by atoms with van der Waals surface area (Å²) in [5.41, 5.74) is 7.95. The third kappa shape index (κ3) is 6.11. The molecule has 0 radical (unpaired) electrons. The molecule has 0 amide bonds. The highest BCUT2D eigenvalue weighted by molar-refractivity contribution is 6.36. The van der Waals surface area contributed by atoms with Crippen LogP contribution in [0, 0.1) is 5.82 Å². The normalized spacial score (nSPS) is 18.5. The van der Waals surface area contributed by atoms with E-state index < -0.39 is 11.9 Å². The van der Waals surface area contributed by atoms with Crippen molar-refractivity contribution < 1.29 is 13.9 Å². The van der Waals surface area contributed by atoms with Gasteiger partial charge in [0, 0.05) is 59.7 Å². The lowest BCUT2D eigenvalue weighted by molar-refractivity contribution is 0.130. The van der Waals surface area contributed by atoms with Gasteiger partial charge in [-0.3, -0.25) is 0 Å². The number of nitrogen functional groups attached to an aromatic ring is 1.